The van der Waals surface area contributed by atoms with Crippen molar-refractivity contribution in [3.8, 4) is 0 Å². The Bertz CT molecular complexity index is 1220. The summed E-state index contributed by atoms with van der Waals surface area (Å²) in [5.41, 5.74) is 2.73. The quantitative estimate of drug-likeness (QED) is 0.411. The molecule has 0 atom stereocenters. The van der Waals surface area contributed by atoms with Crippen LogP contribution in [0.4, 0.5) is 5.69 Å². The third-order valence-electron chi connectivity index (χ3n) is 4.88. The van der Waals surface area contributed by atoms with E-state index in [-0.39, 0.29) is 4.90 Å². The van der Waals surface area contributed by atoms with E-state index in [1.165, 1.54) is 5.56 Å². The van der Waals surface area contributed by atoms with Crippen LogP contribution in [0.3, 0.4) is 0 Å². The van der Waals surface area contributed by atoms with Gasteiger partial charge in [-0.05, 0) is 54.7 Å². The molecule has 0 spiro atoms. The van der Waals surface area contributed by atoms with Crippen LogP contribution in [0.1, 0.15) is 12.5 Å². The number of aromatic nitrogens is 1. The highest BCUT2D eigenvalue weighted by Gasteiger charge is 2.17. The van der Waals surface area contributed by atoms with Gasteiger partial charge in [0.15, 0.2) is 0 Å². The van der Waals surface area contributed by atoms with Crippen LogP contribution in [0.25, 0.3) is 21.7 Å². The highest BCUT2D eigenvalue weighted by molar-refractivity contribution is 7.93. The zero-order valence-corrected chi connectivity index (χ0v) is 16.5. The van der Waals surface area contributed by atoms with Gasteiger partial charge in [0.05, 0.1) is 4.90 Å². The maximum absolute atomic E-state index is 13.1. The van der Waals surface area contributed by atoms with E-state index in [1.807, 2.05) is 48.7 Å². The second kappa shape index (κ2) is 7.66. The average Bonchev–Trinajstić information content (AvgIpc) is 3.10. The second-order valence-electron chi connectivity index (χ2n) is 6.76. The molecule has 0 aliphatic carbocycles. The van der Waals surface area contributed by atoms with Gasteiger partial charge in [0.2, 0.25) is 0 Å². The van der Waals surface area contributed by atoms with E-state index >= 15 is 0 Å². The lowest BCUT2D eigenvalue weighted by atomic mass is 10.1. The van der Waals surface area contributed by atoms with E-state index in [9.17, 15) is 8.42 Å². The number of rotatable bonds is 7. The maximum Gasteiger partial charge on any atom is 0.262 e. The molecule has 28 heavy (non-hydrogen) atoms. The number of nitrogens with one attached hydrogen (secondary N) is 3. The Hall–Kier alpha value is -2.83. The highest BCUT2D eigenvalue weighted by atomic mass is 32.2. The summed E-state index contributed by atoms with van der Waals surface area (Å²) in [5, 5.41) is 5.97. The van der Waals surface area contributed by atoms with Gasteiger partial charge in [-0.1, -0.05) is 43.3 Å². The predicted molar refractivity (Wildman–Crippen MR) is 115 cm³/mol. The van der Waals surface area contributed by atoms with Crippen molar-refractivity contribution < 1.29 is 8.42 Å². The van der Waals surface area contributed by atoms with Crippen LogP contribution in [-0.4, -0.2) is 26.5 Å². The lowest BCUT2D eigenvalue weighted by Crippen LogP contribution is -2.16. The Morgan fingerprint density at radius 3 is 2.64 bits per heavy atom. The number of aromatic amines is 1. The zero-order chi connectivity index (χ0) is 19.6. The van der Waals surface area contributed by atoms with Gasteiger partial charge in [-0.15, -0.1) is 0 Å². The molecule has 0 radical (unpaired) electrons. The molecule has 4 rings (SSSR count). The van der Waals surface area contributed by atoms with Gasteiger partial charge in [-0.3, -0.25) is 4.72 Å². The molecule has 0 aliphatic rings. The van der Waals surface area contributed by atoms with Gasteiger partial charge in [-0.2, -0.15) is 0 Å². The summed E-state index contributed by atoms with van der Waals surface area (Å²) in [7, 11) is -3.70. The highest BCUT2D eigenvalue weighted by Crippen LogP contribution is 2.27. The number of benzene rings is 3. The van der Waals surface area contributed by atoms with E-state index in [1.54, 1.807) is 18.2 Å². The molecule has 144 valence electrons. The van der Waals surface area contributed by atoms with Crippen molar-refractivity contribution in [1.29, 1.82) is 0 Å². The van der Waals surface area contributed by atoms with Gasteiger partial charge in [0.1, 0.15) is 0 Å². The standard InChI is InChI=1S/C22H23N3O2S/c1-2-23-13-12-17-15-24-21-11-10-18(14-20(17)21)25-28(26,27)22-9-5-7-16-6-3-4-8-19(16)22/h3-11,14-15,23-25H,2,12-13H2,1H3. The molecule has 0 saturated heterocycles. The second-order valence-corrected chi connectivity index (χ2v) is 8.41. The summed E-state index contributed by atoms with van der Waals surface area (Å²) in [6, 6.07) is 18.4. The SMILES string of the molecule is CCNCCc1c[nH]c2ccc(NS(=O)(=O)c3cccc4ccccc34)cc12. The lowest BCUT2D eigenvalue weighted by Gasteiger charge is -2.11. The van der Waals surface area contributed by atoms with Crippen molar-refractivity contribution >= 4 is 37.4 Å². The fraction of sp³-hybridized carbons (Fsp3) is 0.182. The maximum atomic E-state index is 13.1. The minimum Gasteiger partial charge on any atom is -0.361 e. The first-order valence-electron chi connectivity index (χ1n) is 9.40. The lowest BCUT2D eigenvalue weighted by molar-refractivity contribution is 0.602. The van der Waals surface area contributed by atoms with Crippen molar-refractivity contribution in [3.63, 3.8) is 0 Å². The van der Waals surface area contributed by atoms with Crippen LogP contribution in [0.2, 0.25) is 0 Å². The van der Waals surface area contributed by atoms with Gasteiger partial charge in [0, 0.05) is 28.2 Å². The van der Waals surface area contributed by atoms with Crippen LogP contribution in [-0.2, 0) is 16.4 Å². The molecule has 4 aromatic rings. The molecule has 5 nitrogen and oxygen atoms in total. The van der Waals surface area contributed by atoms with Gasteiger partial charge >= 0.3 is 0 Å². The molecule has 0 saturated carbocycles. The number of anilines is 1. The molecular weight excluding hydrogens is 370 g/mol. The molecule has 0 fully saturated rings. The molecule has 3 N–H and O–H groups in total. The number of H-pyrrole nitrogens is 1. The van der Waals surface area contributed by atoms with Gasteiger partial charge < -0.3 is 10.3 Å². The molecule has 0 bridgehead atoms. The number of hydrogen-bond acceptors (Lipinski definition) is 3. The van der Waals surface area contributed by atoms with E-state index in [0.717, 1.165) is 35.8 Å². The van der Waals surface area contributed by atoms with E-state index < -0.39 is 10.0 Å². The summed E-state index contributed by atoms with van der Waals surface area (Å²) in [4.78, 5) is 3.54. The van der Waals surface area contributed by atoms with E-state index in [4.69, 9.17) is 0 Å². The van der Waals surface area contributed by atoms with Crippen LogP contribution in [0, 0.1) is 0 Å². The summed E-state index contributed by atoms with van der Waals surface area (Å²) in [6.07, 6.45) is 2.87. The average molecular weight is 394 g/mol. The van der Waals surface area contributed by atoms with E-state index in [0.29, 0.717) is 11.1 Å². The van der Waals surface area contributed by atoms with Crippen LogP contribution < -0.4 is 10.0 Å². The van der Waals surface area contributed by atoms with Crippen LogP contribution in [0.5, 0.6) is 0 Å². The largest absolute Gasteiger partial charge is 0.361 e. The number of likely N-dealkylation sites (N-methyl/N-ethyl adjacent to an activating group) is 1. The molecule has 0 aliphatic heterocycles. The van der Waals surface area contributed by atoms with Crippen molar-refractivity contribution in [1.82, 2.24) is 10.3 Å². The fourth-order valence-electron chi connectivity index (χ4n) is 3.49. The monoisotopic (exact) mass is 393 g/mol. The van der Waals surface area contributed by atoms with E-state index in [2.05, 4.69) is 21.9 Å². The van der Waals surface area contributed by atoms with Crippen molar-refractivity contribution in [2.24, 2.45) is 0 Å². The van der Waals surface area contributed by atoms with Crippen LogP contribution >= 0.6 is 0 Å². The topological polar surface area (TPSA) is 74.0 Å². The Morgan fingerprint density at radius 2 is 1.79 bits per heavy atom. The van der Waals surface area contributed by atoms with Crippen LogP contribution in [0.15, 0.2) is 71.8 Å². The third kappa shape index (κ3) is 3.61. The van der Waals surface area contributed by atoms with Gasteiger partial charge in [-0.25, -0.2) is 8.42 Å². The molecule has 1 aromatic heterocycles. The zero-order valence-electron chi connectivity index (χ0n) is 15.7. The molecule has 3 aromatic carbocycles. The Kier molecular flexibility index (Phi) is 5.07. The predicted octanol–water partition coefficient (Wildman–Crippen LogP) is 4.27. The minimum atomic E-state index is -3.70. The molecule has 1 heterocycles. The summed E-state index contributed by atoms with van der Waals surface area (Å²) >= 11 is 0. The number of hydrogen-bond donors (Lipinski definition) is 3. The number of fused-ring (bicyclic) bond motifs is 2. The Labute approximate surface area is 164 Å². The smallest absolute Gasteiger partial charge is 0.262 e. The summed E-state index contributed by atoms with van der Waals surface area (Å²) < 4.78 is 28.9. The van der Waals surface area contributed by atoms with Gasteiger partial charge in [0.25, 0.3) is 10.0 Å². The molecule has 0 unspecified atom stereocenters. The first-order valence-corrected chi connectivity index (χ1v) is 10.9. The molecule has 6 heteroatoms. The van der Waals surface area contributed by atoms with Crippen molar-refractivity contribution in [3.05, 3.63) is 72.4 Å². The van der Waals surface area contributed by atoms with Crippen molar-refractivity contribution in [2.75, 3.05) is 17.8 Å². The first kappa shape index (κ1) is 18.5. The Morgan fingerprint density at radius 1 is 0.964 bits per heavy atom. The normalized spacial score (nSPS) is 11.9. The third-order valence-corrected chi connectivity index (χ3v) is 6.32. The summed E-state index contributed by atoms with van der Waals surface area (Å²) in [6.45, 7) is 3.89. The minimum absolute atomic E-state index is 0.284. The fourth-order valence-corrected chi connectivity index (χ4v) is 4.77. The number of sulfonamides is 1. The molecule has 0 amide bonds. The Balaban J connectivity index is 1.67. The van der Waals surface area contributed by atoms with Crippen molar-refractivity contribution in [2.45, 2.75) is 18.2 Å². The first-order chi connectivity index (χ1) is 13.6. The molecular formula is C22H23N3O2S. The summed E-state index contributed by atoms with van der Waals surface area (Å²) in [5.74, 6) is 0.